The fraction of sp³-hybridized carbons (Fsp3) is 0.286. The van der Waals surface area contributed by atoms with Crippen LogP contribution in [0.1, 0.15) is 19.8 Å². The van der Waals surface area contributed by atoms with Crippen molar-refractivity contribution in [1.82, 2.24) is 0 Å². The zero-order valence-electron chi connectivity index (χ0n) is 15.9. The Morgan fingerprint density at radius 2 is 1.97 bits per heavy atom. The summed E-state index contributed by atoms with van der Waals surface area (Å²) in [5.74, 6) is -0.0228. The van der Waals surface area contributed by atoms with E-state index in [1.807, 2.05) is 6.07 Å². The Bertz CT molecular complexity index is 994. The summed E-state index contributed by atoms with van der Waals surface area (Å²) in [4.78, 5) is 39.9. The summed E-state index contributed by atoms with van der Waals surface area (Å²) in [6, 6.07) is 12.1. The molecule has 0 radical (unpaired) electrons. The van der Waals surface area contributed by atoms with Gasteiger partial charge in [0.1, 0.15) is 5.75 Å². The molecule has 1 atom stereocenters. The summed E-state index contributed by atoms with van der Waals surface area (Å²) in [6.45, 7) is 2.21. The number of hydrogen-bond acceptors (Lipinski definition) is 4. The van der Waals surface area contributed by atoms with Gasteiger partial charge >= 0.3 is 0 Å². The van der Waals surface area contributed by atoms with Crippen molar-refractivity contribution >= 4 is 46.4 Å². The van der Waals surface area contributed by atoms with Gasteiger partial charge in [0.2, 0.25) is 11.8 Å². The minimum atomic E-state index is -0.854. The number of ether oxygens (including phenoxy) is 1. The molecule has 7 nitrogen and oxygen atoms in total. The van der Waals surface area contributed by atoms with Gasteiger partial charge in [0, 0.05) is 25.6 Å². The van der Waals surface area contributed by atoms with Crippen LogP contribution in [0.15, 0.2) is 42.5 Å². The van der Waals surface area contributed by atoms with Crippen molar-refractivity contribution in [3.05, 3.63) is 47.5 Å². The molecule has 150 valence electrons. The molecule has 2 aliphatic heterocycles. The van der Waals surface area contributed by atoms with E-state index in [9.17, 15) is 14.4 Å². The monoisotopic (exact) mass is 413 g/mol. The zero-order chi connectivity index (χ0) is 20.5. The minimum Gasteiger partial charge on any atom is -0.476 e. The van der Waals surface area contributed by atoms with E-state index in [4.69, 9.17) is 16.3 Å². The van der Waals surface area contributed by atoms with Crippen molar-refractivity contribution in [2.45, 2.75) is 25.9 Å². The fourth-order valence-corrected chi connectivity index (χ4v) is 3.88. The number of anilines is 3. The second kappa shape index (κ2) is 7.75. The molecule has 4 rings (SSSR count). The summed E-state index contributed by atoms with van der Waals surface area (Å²) < 4.78 is 5.80. The summed E-state index contributed by atoms with van der Waals surface area (Å²) in [6.07, 6.45) is 0.468. The molecule has 2 aliphatic rings. The molecule has 1 unspecified atom stereocenters. The molecule has 8 heteroatoms. The van der Waals surface area contributed by atoms with Gasteiger partial charge in [-0.25, -0.2) is 0 Å². The maximum absolute atomic E-state index is 12.8. The first-order valence-corrected chi connectivity index (χ1v) is 9.76. The van der Waals surface area contributed by atoms with Crippen LogP contribution in [-0.2, 0) is 14.4 Å². The van der Waals surface area contributed by atoms with Crippen LogP contribution in [0, 0.1) is 0 Å². The second-order valence-electron chi connectivity index (χ2n) is 7.01. The minimum absolute atomic E-state index is 0.0438. The Morgan fingerprint density at radius 3 is 2.66 bits per heavy atom. The fourth-order valence-electron chi connectivity index (χ4n) is 3.60. The number of para-hydroxylation sites is 2. The lowest BCUT2D eigenvalue weighted by molar-refractivity contribution is -0.123. The Balaban J connectivity index is 1.50. The molecule has 1 saturated heterocycles. The lowest BCUT2D eigenvalue weighted by Gasteiger charge is -2.33. The van der Waals surface area contributed by atoms with E-state index >= 15 is 0 Å². The molecule has 0 spiro atoms. The van der Waals surface area contributed by atoms with Gasteiger partial charge in [-0.2, -0.15) is 0 Å². The van der Waals surface area contributed by atoms with Gasteiger partial charge in [-0.1, -0.05) is 23.7 Å². The van der Waals surface area contributed by atoms with Crippen molar-refractivity contribution < 1.29 is 19.1 Å². The predicted octanol–water partition coefficient (Wildman–Crippen LogP) is 3.22. The van der Waals surface area contributed by atoms with Crippen LogP contribution in [0.4, 0.5) is 17.1 Å². The summed E-state index contributed by atoms with van der Waals surface area (Å²) in [5.41, 5.74) is 1.77. The summed E-state index contributed by atoms with van der Waals surface area (Å²) >= 11 is 6.35. The first-order chi connectivity index (χ1) is 13.9. The molecule has 0 aliphatic carbocycles. The average Bonchev–Trinajstić information content (AvgIpc) is 3.12. The first-order valence-electron chi connectivity index (χ1n) is 9.38. The third-order valence-corrected chi connectivity index (χ3v) is 5.33. The molecule has 1 fully saturated rings. The van der Waals surface area contributed by atoms with E-state index in [1.165, 1.54) is 11.8 Å². The van der Waals surface area contributed by atoms with Gasteiger partial charge in [-0.05, 0) is 36.8 Å². The van der Waals surface area contributed by atoms with Gasteiger partial charge in [0.15, 0.2) is 6.10 Å². The molecule has 3 amide bonds. The van der Waals surface area contributed by atoms with Gasteiger partial charge in [-0.3, -0.25) is 14.4 Å². The zero-order valence-corrected chi connectivity index (χ0v) is 16.6. The standard InChI is InChI=1S/C21H20ClN3O4/c1-13(26)25-12-19(29-18-6-3-2-5-17(18)25)21(28)23-14-8-9-16(15(22)11-14)24-10-4-7-20(24)27/h2-3,5-6,8-9,11,19H,4,7,10,12H2,1H3,(H,23,28). The van der Waals surface area contributed by atoms with Crippen LogP contribution in [0.5, 0.6) is 5.75 Å². The number of hydrogen-bond donors (Lipinski definition) is 1. The molecular formula is C21H20ClN3O4. The highest BCUT2D eigenvalue weighted by molar-refractivity contribution is 6.34. The van der Waals surface area contributed by atoms with Gasteiger partial charge in [0.25, 0.3) is 5.91 Å². The Kier molecular flexibility index (Phi) is 5.15. The summed E-state index contributed by atoms with van der Waals surface area (Å²) in [5, 5.41) is 3.17. The van der Waals surface area contributed by atoms with E-state index in [2.05, 4.69) is 5.32 Å². The quantitative estimate of drug-likeness (QED) is 0.837. The summed E-state index contributed by atoms with van der Waals surface area (Å²) in [7, 11) is 0. The molecule has 2 aromatic rings. The van der Waals surface area contributed by atoms with Crippen LogP contribution in [0.3, 0.4) is 0 Å². The lowest BCUT2D eigenvalue weighted by atomic mass is 10.1. The number of nitrogens with zero attached hydrogens (tertiary/aromatic N) is 2. The highest BCUT2D eigenvalue weighted by Gasteiger charge is 2.32. The van der Waals surface area contributed by atoms with Gasteiger partial charge in [-0.15, -0.1) is 0 Å². The van der Waals surface area contributed by atoms with E-state index < -0.39 is 6.10 Å². The number of halogens is 1. The largest absolute Gasteiger partial charge is 0.476 e. The highest BCUT2D eigenvalue weighted by atomic mass is 35.5. The maximum Gasteiger partial charge on any atom is 0.267 e. The van der Waals surface area contributed by atoms with Crippen LogP contribution in [0.25, 0.3) is 0 Å². The first kappa shape index (κ1) is 19.3. The predicted molar refractivity (Wildman–Crippen MR) is 111 cm³/mol. The third kappa shape index (κ3) is 3.78. The second-order valence-corrected chi connectivity index (χ2v) is 7.42. The molecule has 0 saturated carbocycles. The van der Waals surface area contributed by atoms with Crippen molar-refractivity contribution in [3.63, 3.8) is 0 Å². The van der Waals surface area contributed by atoms with Crippen molar-refractivity contribution in [1.29, 1.82) is 0 Å². The van der Waals surface area contributed by atoms with Crippen molar-refractivity contribution in [3.8, 4) is 5.75 Å². The molecule has 2 aromatic carbocycles. The number of carbonyl (C=O) groups is 3. The van der Waals surface area contributed by atoms with Crippen molar-refractivity contribution in [2.75, 3.05) is 28.2 Å². The maximum atomic E-state index is 12.8. The molecule has 2 heterocycles. The Morgan fingerprint density at radius 1 is 1.17 bits per heavy atom. The number of nitrogens with one attached hydrogen (secondary N) is 1. The number of rotatable bonds is 3. The SMILES string of the molecule is CC(=O)N1CC(C(=O)Nc2ccc(N3CCCC3=O)c(Cl)c2)Oc2ccccc21. The van der Waals surface area contributed by atoms with Crippen LogP contribution in [-0.4, -0.2) is 36.9 Å². The number of fused-ring (bicyclic) bond motifs is 1. The Hall–Kier alpha value is -3.06. The number of carbonyl (C=O) groups excluding carboxylic acids is 3. The van der Waals surface area contributed by atoms with Crippen LogP contribution < -0.4 is 19.9 Å². The normalized spacial score (nSPS) is 18.3. The molecular weight excluding hydrogens is 394 g/mol. The van der Waals surface area contributed by atoms with Crippen molar-refractivity contribution in [2.24, 2.45) is 0 Å². The van der Waals surface area contributed by atoms with E-state index in [-0.39, 0.29) is 24.3 Å². The smallest absolute Gasteiger partial charge is 0.267 e. The third-order valence-electron chi connectivity index (χ3n) is 5.03. The van der Waals surface area contributed by atoms with Crippen LogP contribution >= 0.6 is 11.6 Å². The highest BCUT2D eigenvalue weighted by Crippen LogP contribution is 2.34. The number of benzene rings is 2. The number of amides is 3. The average molecular weight is 414 g/mol. The molecule has 1 N–H and O–H groups in total. The van der Waals surface area contributed by atoms with Gasteiger partial charge in [0.05, 0.1) is 22.9 Å². The van der Waals surface area contributed by atoms with E-state index in [1.54, 1.807) is 41.3 Å². The molecule has 0 aromatic heterocycles. The van der Waals surface area contributed by atoms with E-state index in [0.717, 1.165) is 6.42 Å². The Labute approximate surface area is 173 Å². The molecule has 29 heavy (non-hydrogen) atoms. The van der Waals surface area contributed by atoms with Crippen LogP contribution in [0.2, 0.25) is 5.02 Å². The molecule has 0 bridgehead atoms. The lowest BCUT2D eigenvalue weighted by Crippen LogP contribution is -2.48. The topological polar surface area (TPSA) is 79.0 Å². The van der Waals surface area contributed by atoms with Gasteiger partial charge < -0.3 is 19.9 Å². The van der Waals surface area contributed by atoms with E-state index in [0.29, 0.717) is 40.8 Å².